The van der Waals surface area contributed by atoms with Gasteiger partial charge in [-0.05, 0) is 49.4 Å². The number of carbonyl (C=O) groups is 1. The number of rotatable bonds is 12. The van der Waals surface area contributed by atoms with Gasteiger partial charge in [-0.3, -0.25) is 0 Å². The van der Waals surface area contributed by atoms with Gasteiger partial charge in [-0.15, -0.1) is 0 Å². The Bertz CT molecular complexity index is 652. The van der Waals surface area contributed by atoms with Crippen LogP contribution >= 0.6 is 0 Å². The van der Waals surface area contributed by atoms with E-state index in [1.807, 2.05) is 30.3 Å². The smallest absolute Gasteiger partial charge is 0.334 e. The van der Waals surface area contributed by atoms with Crippen molar-refractivity contribution < 1.29 is 19.4 Å². The zero-order valence-electron chi connectivity index (χ0n) is 16.1. The molecule has 0 radical (unpaired) electrons. The molecule has 2 aromatic rings. The lowest BCUT2D eigenvalue weighted by atomic mass is 10.0. The number of aryl methyl sites for hydroxylation is 1. The van der Waals surface area contributed by atoms with Crippen LogP contribution in [0.4, 0.5) is 0 Å². The first-order valence-corrected chi connectivity index (χ1v) is 9.79. The summed E-state index contributed by atoms with van der Waals surface area (Å²) in [6.45, 7) is 2.64. The molecule has 0 aliphatic rings. The average Bonchev–Trinajstić information content (AvgIpc) is 2.70. The van der Waals surface area contributed by atoms with Gasteiger partial charge in [0.2, 0.25) is 0 Å². The maximum atomic E-state index is 11.3. The lowest BCUT2D eigenvalue weighted by molar-refractivity contribution is -0.153. The van der Waals surface area contributed by atoms with Crippen LogP contribution < -0.4 is 4.74 Å². The molecule has 0 aromatic heterocycles. The van der Waals surface area contributed by atoms with Gasteiger partial charge in [-0.1, -0.05) is 61.7 Å². The number of aliphatic hydroxyl groups excluding tert-OH is 1. The van der Waals surface area contributed by atoms with Gasteiger partial charge < -0.3 is 14.6 Å². The van der Waals surface area contributed by atoms with Crippen molar-refractivity contribution in [2.75, 3.05) is 6.61 Å². The second-order valence-electron chi connectivity index (χ2n) is 6.64. The summed E-state index contributed by atoms with van der Waals surface area (Å²) in [5.74, 6) is 0.377. The van der Waals surface area contributed by atoms with Crippen molar-refractivity contribution in [2.24, 2.45) is 0 Å². The van der Waals surface area contributed by atoms with Crippen LogP contribution in [0.1, 0.15) is 50.2 Å². The molecule has 1 unspecified atom stereocenters. The van der Waals surface area contributed by atoms with Crippen molar-refractivity contribution in [3.05, 3.63) is 65.7 Å². The molecule has 0 bridgehead atoms. The molecule has 0 saturated carbocycles. The highest BCUT2D eigenvalue weighted by Crippen LogP contribution is 2.16. The predicted octanol–water partition coefficient (Wildman–Crippen LogP) is 4.68. The summed E-state index contributed by atoms with van der Waals surface area (Å²) >= 11 is 0. The summed E-state index contributed by atoms with van der Waals surface area (Å²) in [6, 6.07) is 18.4. The number of hydrogen-bond acceptors (Lipinski definition) is 4. The fraction of sp³-hybridized carbons (Fsp3) is 0.435. The maximum absolute atomic E-state index is 11.3. The molecular weight excluding hydrogens is 340 g/mol. The Hall–Kier alpha value is -2.33. The molecule has 27 heavy (non-hydrogen) atoms. The van der Waals surface area contributed by atoms with E-state index in [1.54, 1.807) is 6.92 Å². The predicted molar refractivity (Wildman–Crippen MR) is 107 cm³/mol. The van der Waals surface area contributed by atoms with Gasteiger partial charge in [0.05, 0.1) is 6.61 Å². The van der Waals surface area contributed by atoms with E-state index >= 15 is 0 Å². The largest absolute Gasteiger partial charge is 0.489 e. The van der Waals surface area contributed by atoms with E-state index in [2.05, 4.69) is 24.3 Å². The van der Waals surface area contributed by atoms with Crippen LogP contribution in [0, 0.1) is 0 Å². The summed E-state index contributed by atoms with van der Waals surface area (Å²) in [7, 11) is 0. The van der Waals surface area contributed by atoms with Crippen LogP contribution in [0.25, 0.3) is 0 Å². The highest BCUT2D eigenvalue weighted by atomic mass is 16.5. The van der Waals surface area contributed by atoms with Crippen molar-refractivity contribution in [1.82, 2.24) is 0 Å². The quantitative estimate of drug-likeness (QED) is 0.435. The molecule has 4 heteroatoms. The fourth-order valence-electron chi connectivity index (χ4n) is 2.87. The molecule has 0 aliphatic carbocycles. The number of unbranched alkanes of at least 4 members (excludes halogenated alkanes) is 3. The van der Waals surface area contributed by atoms with Gasteiger partial charge >= 0.3 is 5.97 Å². The Morgan fingerprint density at radius 3 is 2.33 bits per heavy atom. The van der Waals surface area contributed by atoms with Crippen molar-refractivity contribution in [1.29, 1.82) is 0 Å². The van der Waals surface area contributed by atoms with Crippen molar-refractivity contribution in [3.63, 3.8) is 0 Å². The Morgan fingerprint density at radius 1 is 0.926 bits per heavy atom. The van der Waals surface area contributed by atoms with E-state index in [0.29, 0.717) is 19.6 Å². The molecule has 2 aromatic carbocycles. The second-order valence-corrected chi connectivity index (χ2v) is 6.64. The Kier molecular flexibility index (Phi) is 9.42. The monoisotopic (exact) mass is 370 g/mol. The van der Waals surface area contributed by atoms with E-state index < -0.39 is 12.1 Å². The van der Waals surface area contributed by atoms with Crippen LogP contribution in [-0.4, -0.2) is 23.8 Å². The summed E-state index contributed by atoms with van der Waals surface area (Å²) in [5.41, 5.74) is 2.46. The van der Waals surface area contributed by atoms with Crippen molar-refractivity contribution in [2.45, 2.75) is 58.2 Å². The van der Waals surface area contributed by atoms with Gasteiger partial charge in [0.1, 0.15) is 12.4 Å². The van der Waals surface area contributed by atoms with E-state index in [4.69, 9.17) is 9.47 Å². The average molecular weight is 370 g/mol. The lowest BCUT2D eigenvalue weighted by Gasteiger charge is -2.09. The topological polar surface area (TPSA) is 55.8 Å². The van der Waals surface area contributed by atoms with Gasteiger partial charge in [0.15, 0.2) is 6.10 Å². The fourth-order valence-corrected chi connectivity index (χ4v) is 2.87. The summed E-state index contributed by atoms with van der Waals surface area (Å²) in [4.78, 5) is 11.3. The molecule has 146 valence electrons. The van der Waals surface area contributed by atoms with Crippen LogP contribution in [0.2, 0.25) is 0 Å². The molecular formula is C23H30O4. The zero-order valence-corrected chi connectivity index (χ0v) is 16.1. The Labute approximate surface area is 162 Å². The number of ether oxygens (including phenoxy) is 2. The minimum absolute atomic E-state index is 0.311. The van der Waals surface area contributed by atoms with Gasteiger partial charge in [0.25, 0.3) is 0 Å². The minimum Gasteiger partial charge on any atom is -0.489 e. The van der Waals surface area contributed by atoms with E-state index in [1.165, 1.54) is 5.56 Å². The minimum atomic E-state index is -0.978. The maximum Gasteiger partial charge on any atom is 0.334 e. The highest BCUT2D eigenvalue weighted by Gasteiger charge is 2.14. The number of carbonyl (C=O) groups excluding carboxylic acids is 1. The van der Waals surface area contributed by atoms with Crippen LogP contribution in [-0.2, 0) is 22.6 Å². The molecule has 2 rings (SSSR count). The van der Waals surface area contributed by atoms with E-state index in [-0.39, 0.29) is 0 Å². The van der Waals surface area contributed by atoms with Gasteiger partial charge in [-0.25, -0.2) is 4.79 Å². The number of hydrogen-bond donors (Lipinski definition) is 1. The van der Waals surface area contributed by atoms with E-state index in [0.717, 1.165) is 43.4 Å². The van der Waals surface area contributed by atoms with Crippen LogP contribution in [0.5, 0.6) is 5.75 Å². The Morgan fingerprint density at radius 2 is 1.63 bits per heavy atom. The van der Waals surface area contributed by atoms with Gasteiger partial charge in [0, 0.05) is 0 Å². The molecule has 4 nitrogen and oxygen atoms in total. The lowest BCUT2D eigenvalue weighted by Crippen LogP contribution is -2.22. The van der Waals surface area contributed by atoms with Crippen molar-refractivity contribution in [3.8, 4) is 5.75 Å². The third-order valence-electron chi connectivity index (χ3n) is 4.42. The normalized spacial score (nSPS) is 11.8. The molecule has 0 saturated heterocycles. The molecule has 1 atom stereocenters. The molecule has 0 heterocycles. The molecule has 1 N–H and O–H groups in total. The summed E-state index contributed by atoms with van der Waals surface area (Å²) in [5, 5.41) is 9.64. The standard InChI is InChI=1S/C23H30O4/c1-2-26-23(25)22(24)13-9-4-3-6-10-19-14-16-21(17-15-19)27-18-20-11-7-5-8-12-20/h5,7-8,11-12,14-17,22,24H,2-4,6,9-10,13,18H2,1H3. The molecule has 0 aliphatic heterocycles. The SMILES string of the molecule is CCOC(=O)C(O)CCCCCCc1ccc(OCc2ccccc2)cc1. The number of benzene rings is 2. The van der Waals surface area contributed by atoms with Crippen molar-refractivity contribution >= 4 is 5.97 Å². The van der Waals surface area contributed by atoms with Crippen LogP contribution in [0.3, 0.4) is 0 Å². The zero-order chi connectivity index (χ0) is 19.3. The Balaban J connectivity index is 1.58. The first-order valence-electron chi connectivity index (χ1n) is 9.79. The molecule has 0 fully saturated rings. The number of esters is 1. The summed E-state index contributed by atoms with van der Waals surface area (Å²) < 4.78 is 10.6. The molecule has 0 amide bonds. The highest BCUT2D eigenvalue weighted by molar-refractivity contribution is 5.74. The van der Waals surface area contributed by atoms with E-state index in [9.17, 15) is 9.90 Å². The third kappa shape index (κ3) is 8.27. The second kappa shape index (κ2) is 12.1. The molecule has 0 spiro atoms. The summed E-state index contributed by atoms with van der Waals surface area (Å²) in [6.07, 6.45) is 4.56. The first-order chi connectivity index (χ1) is 13.2. The third-order valence-corrected chi connectivity index (χ3v) is 4.42. The number of aliphatic hydroxyl groups is 1. The van der Waals surface area contributed by atoms with Gasteiger partial charge in [-0.2, -0.15) is 0 Å². The first kappa shape index (κ1) is 21.0. The van der Waals surface area contributed by atoms with Crippen LogP contribution in [0.15, 0.2) is 54.6 Å².